The normalized spacial score (nSPS) is 14.4. The lowest BCUT2D eigenvalue weighted by Crippen LogP contribution is -2.36. The summed E-state index contributed by atoms with van der Waals surface area (Å²) in [5.74, 6) is -1.33. The summed E-state index contributed by atoms with van der Waals surface area (Å²) in [5.41, 5.74) is 2.27. The van der Waals surface area contributed by atoms with Crippen LogP contribution in [0.2, 0.25) is 0 Å². The third-order valence-electron chi connectivity index (χ3n) is 5.18. The van der Waals surface area contributed by atoms with Crippen molar-refractivity contribution >= 4 is 39.1 Å². The molecule has 4 rings (SSSR count). The van der Waals surface area contributed by atoms with E-state index in [0.717, 1.165) is 42.0 Å². The highest BCUT2D eigenvalue weighted by molar-refractivity contribution is 7.94. The van der Waals surface area contributed by atoms with Crippen LogP contribution in [0.25, 0.3) is 6.08 Å². The molecule has 1 fully saturated rings. The standard InChI is InChI=1S/C23H23F2N5O3S/c1-26-22-16(8-13-34(31,32)21-7-2-17(24)14-20(21)25)15-27-23(29-22)28-18-3-5-19(6-4-18)30-9-11-33-12-10-30/h2-8,13-15H,9-12H2,1H3,(H2,26,27,28,29)/b13-8+. The fourth-order valence-electron chi connectivity index (χ4n) is 3.42. The molecule has 8 nitrogen and oxygen atoms in total. The van der Waals surface area contributed by atoms with Gasteiger partial charge in [-0.05, 0) is 42.5 Å². The van der Waals surface area contributed by atoms with Gasteiger partial charge in [0.05, 0.1) is 13.2 Å². The second-order valence-electron chi connectivity index (χ2n) is 7.44. The molecule has 1 aliphatic rings. The van der Waals surface area contributed by atoms with E-state index >= 15 is 0 Å². The molecule has 0 bridgehead atoms. The summed E-state index contributed by atoms with van der Waals surface area (Å²) in [6.45, 7) is 3.11. The first-order valence-corrected chi connectivity index (χ1v) is 12.0. The highest BCUT2D eigenvalue weighted by atomic mass is 32.2. The topological polar surface area (TPSA) is 96.4 Å². The quantitative estimate of drug-likeness (QED) is 0.486. The van der Waals surface area contributed by atoms with Gasteiger partial charge in [-0.3, -0.25) is 0 Å². The van der Waals surface area contributed by atoms with Crippen LogP contribution in [-0.4, -0.2) is 51.7 Å². The van der Waals surface area contributed by atoms with Gasteiger partial charge in [0.15, 0.2) is 0 Å². The number of sulfone groups is 1. The lowest BCUT2D eigenvalue weighted by molar-refractivity contribution is 0.122. The molecule has 1 aromatic heterocycles. The maximum Gasteiger partial charge on any atom is 0.229 e. The maximum absolute atomic E-state index is 13.9. The monoisotopic (exact) mass is 487 g/mol. The Morgan fingerprint density at radius 2 is 1.82 bits per heavy atom. The van der Waals surface area contributed by atoms with Crippen LogP contribution in [-0.2, 0) is 14.6 Å². The van der Waals surface area contributed by atoms with Gasteiger partial charge in [0.1, 0.15) is 22.3 Å². The van der Waals surface area contributed by atoms with Crippen molar-refractivity contribution in [3.8, 4) is 0 Å². The van der Waals surface area contributed by atoms with Crippen LogP contribution in [0, 0.1) is 11.6 Å². The zero-order valence-corrected chi connectivity index (χ0v) is 19.1. The van der Waals surface area contributed by atoms with Crippen molar-refractivity contribution in [3.05, 3.63) is 71.3 Å². The van der Waals surface area contributed by atoms with Gasteiger partial charge in [-0.25, -0.2) is 22.2 Å². The largest absolute Gasteiger partial charge is 0.378 e. The van der Waals surface area contributed by atoms with Crippen molar-refractivity contribution in [3.63, 3.8) is 0 Å². The Kier molecular flexibility index (Phi) is 7.03. The Morgan fingerprint density at radius 1 is 1.09 bits per heavy atom. The molecule has 0 atom stereocenters. The van der Waals surface area contributed by atoms with Gasteiger partial charge in [0.25, 0.3) is 0 Å². The van der Waals surface area contributed by atoms with Crippen molar-refractivity contribution in [2.45, 2.75) is 4.90 Å². The molecule has 2 N–H and O–H groups in total. The van der Waals surface area contributed by atoms with Gasteiger partial charge in [-0.15, -0.1) is 0 Å². The zero-order valence-electron chi connectivity index (χ0n) is 18.3. The minimum atomic E-state index is -4.14. The van der Waals surface area contributed by atoms with E-state index in [0.29, 0.717) is 36.6 Å². The average Bonchev–Trinajstić information content (AvgIpc) is 2.84. The van der Waals surface area contributed by atoms with Crippen molar-refractivity contribution in [1.29, 1.82) is 0 Å². The molecule has 0 amide bonds. The van der Waals surface area contributed by atoms with Crippen LogP contribution in [0.1, 0.15) is 5.56 Å². The summed E-state index contributed by atoms with van der Waals surface area (Å²) in [5, 5.41) is 6.84. The Labute approximate surface area is 196 Å². The number of nitrogens with one attached hydrogen (secondary N) is 2. The third kappa shape index (κ3) is 5.49. The number of halogens is 2. The maximum atomic E-state index is 13.9. The van der Waals surface area contributed by atoms with Gasteiger partial charge >= 0.3 is 0 Å². The SMILES string of the molecule is CNc1nc(Nc2ccc(N3CCOCC3)cc2)ncc1/C=C/S(=O)(=O)c1ccc(F)cc1F. The second-order valence-corrected chi connectivity index (χ2v) is 9.24. The summed E-state index contributed by atoms with van der Waals surface area (Å²) in [4.78, 5) is 10.2. The average molecular weight is 488 g/mol. The molecule has 0 spiro atoms. The summed E-state index contributed by atoms with van der Waals surface area (Å²) in [7, 11) is -2.50. The van der Waals surface area contributed by atoms with Gasteiger partial charge in [-0.2, -0.15) is 4.98 Å². The van der Waals surface area contributed by atoms with Gasteiger partial charge in [0, 0.05) is 54.7 Å². The molecule has 11 heteroatoms. The van der Waals surface area contributed by atoms with Crippen LogP contribution >= 0.6 is 0 Å². The summed E-state index contributed by atoms with van der Waals surface area (Å²) in [6.07, 6.45) is 2.70. The number of nitrogens with zero attached hydrogens (tertiary/aromatic N) is 3. The molecular formula is C23H23F2N5O3S. The smallest absolute Gasteiger partial charge is 0.229 e. The van der Waals surface area contributed by atoms with E-state index in [2.05, 4.69) is 25.5 Å². The first-order chi connectivity index (χ1) is 16.4. The van der Waals surface area contributed by atoms with Crippen molar-refractivity contribution in [2.75, 3.05) is 48.9 Å². The predicted molar refractivity (Wildman–Crippen MR) is 127 cm³/mol. The number of ether oxygens (including phenoxy) is 1. The Morgan fingerprint density at radius 3 is 2.50 bits per heavy atom. The number of rotatable bonds is 7. The molecule has 1 aliphatic heterocycles. The van der Waals surface area contributed by atoms with E-state index in [1.807, 2.05) is 24.3 Å². The van der Waals surface area contributed by atoms with E-state index in [1.54, 1.807) is 7.05 Å². The number of aromatic nitrogens is 2. The Hall–Kier alpha value is -3.57. The fourth-order valence-corrected chi connectivity index (χ4v) is 4.48. The predicted octanol–water partition coefficient (Wildman–Crippen LogP) is 3.82. The van der Waals surface area contributed by atoms with E-state index in [4.69, 9.17) is 4.74 Å². The molecule has 178 valence electrons. The molecule has 3 aromatic rings. The Balaban J connectivity index is 1.49. The molecule has 0 radical (unpaired) electrons. The van der Waals surface area contributed by atoms with Crippen LogP contribution < -0.4 is 15.5 Å². The van der Waals surface area contributed by atoms with Crippen molar-refractivity contribution < 1.29 is 21.9 Å². The Bertz CT molecular complexity index is 1290. The first-order valence-electron chi connectivity index (χ1n) is 10.5. The van der Waals surface area contributed by atoms with Crippen LogP contribution in [0.15, 0.2) is 59.0 Å². The molecular weight excluding hydrogens is 464 g/mol. The van der Waals surface area contributed by atoms with Crippen LogP contribution in [0.5, 0.6) is 0 Å². The highest BCUT2D eigenvalue weighted by Crippen LogP contribution is 2.24. The van der Waals surface area contributed by atoms with E-state index < -0.39 is 26.4 Å². The van der Waals surface area contributed by atoms with E-state index in [-0.39, 0.29) is 0 Å². The fraction of sp³-hybridized carbons (Fsp3) is 0.217. The third-order valence-corrected chi connectivity index (χ3v) is 6.62. The molecule has 34 heavy (non-hydrogen) atoms. The lowest BCUT2D eigenvalue weighted by atomic mass is 10.2. The van der Waals surface area contributed by atoms with Crippen LogP contribution in [0.4, 0.5) is 31.9 Å². The second kappa shape index (κ2) is 10.1. The molecule has 0 saturated carbocycles. The number of hydrogen-bond donors (Lipinski definition) is 2. The summed E-state index contributed by atoms with van der Waals surface area (Å²) < 4.78 is 57.3. The number of anilines is 4. The lowest BCUT2D eigenvalue weighted by Gasteiger charge is -2.28. The van der Waals surface area contributed by atoms with Gasteiger partial charge in [0.2, 0.25) is 15.8 Å². The van der Waals surface area contributed by atoms with Gasteiger partial charge in [-0.1, -0.05) is 0 Å². The molecule has 1 saturated heterocycles. The number of hydrogen-bond acceptors (Lipinski definition) is 8. The molecule has 2 heterocycles. The van der Waals surface area contributed by atoms with Crippen LogP contribution in [0.3, 0.4) is 0 Å². The zero-order chi connectivity index (χ0) is 24.1. The molecule has 0 aliphatic carbocycles. The van der Waals surface area contributed by atoms with Crippen molar-refractivity contribution in [1.82, 2.24) is 9.97 Å². The van der Waals surface area contributed by atoms with Crippen molar-refractivity contribution in [2.24, 2.45) is 0 Å². The minimum Gasteiger partial charge on any atom is -0.378 e. The summed E-state index contributed by atoms with van der Waals surface area (Å²) >= 11 is 0. The number of benzene rings is 2. The van der Waals surface area contributed by atoms with E-state index in [1.165, 1.54) is 12.3 Å². The highest BCUT2D eigenvalue weighted by Gasteiger charge is 2.17. The number of morpholine rings is 1. The molecule has 0 unspecified atom stereocenters. The van der Waals surface area contributed by atoms with E-state index in [9.17, 15) is 17.2 Å². The first kappa shape index (κ1) is 23.6. The minimum absolute atomic E-state index is 0.313. The molecule has 2 aromatic carbocycles. The summed E-state index contributed by atoms with van der Waals surface area (Å²) in [6, 6.07) is 10.1. The van der Waals surface area contributed by atoms with Gasteiger partial charge < -0.3 is 20.3 Å².